The molecule has 18 heavy (non-hydrogen) atoms. The SMILES string of the molecule is Cc1nc(C(C)C)[nH]c(=O)c1C(=O)NC[C@@H](C)O. The number of rotatable bonds is 4. The molecule has 0 spiro atoms. The summed E-state index contributed by atoms with van der Waals surface area (Å²) in [5, 5.41) is 11.6. The number of H-pyrrole nitrogens is 1. The van der Waals surface area contributed by atoms with Gasteiger partial charge < -0.3 is 15.4 Å². The standard InChI is InChI=1S/C12H19N3O3/c1-6(2)10-14-8(4)9(12(18)15-10)11(17)13-5-7(3)16/h6-7,16H,5H2,1-4H3,(H,13,17)(H,14,15,18)/t7-/m1/s1. The van der Waals surface area contributed by atoms with Gasteiger partial charge in [-0.2, -0.15) is 0 Å². The molecule has 0 bridgehead atoms. The second-order valence-electron chi connectivity index (χ2n) is 4.63. The average Bonchev–Trinajstić information content (AvgIpc) is 2.25. The summed E-state index contributed by atoms with van der Waals surface area (Å²) in [6, 6.07) is 0. The summed E-state index contributed by atoms with van der Waals surface area (Å²) in [5.74, 6) is 0.132. The Kier molecular flexibility index (Phi) is 4.61. The Hall–Kier alpha value is -1.69. The molecular formula is C12H19N3O3. The van der Waals surface area contributed by atoms with E-state index in [1.165, 1.54) is 0 Å². The maximum atomic E-state index is 11.8. The summed E-state index contributed by atoms with van der Waals surface area (Å²) in [5.41, 5.74) is -0.0557. The van der Waals surface area contributed by atoms with Crippen molar-refractivity contribution in [2.45, 2.75) is 39.7 Å². The van der Waals surface area contributed by atoms with Gasteiger partial charge in [-0.3, -0.25) is 9.59 Å². The van der Waals surface area contributed by atoms with E-state index >= 15 is 0 Å². The van der Waals surface area contributed by atoms with Crippen molar-refractivity contribution in [2.75, 3.05) is 6.54 Å². The molecule has 1 heterocycles. The van der Waals surface area contributed by atoms with Crippen LogP contribution in [0.3, 0.4) is 0 Å². The normalized spacial score (nSPS) is 12.6. The summed E-state index contributed by atoms with van der Waals surface area (Å²) >= 11 is 0. The molecule has 1 amide bonds. The molecule has 0 saturated heterocycles. The lowest BCUT2D eigenvalue weighted by Gasteiger charge is -2.10. The van der Waals surface area contributed by atoms with Crippen molar-refractivity contribution in [1.29, 1.82) is 0 Å². The number of nitrogens with zero attached hydrogens (tertiary/aromatic N) is 1. The fraction of sp³-hybridized carbons (Fsp3) is 0.583. The lowest BCUT2D eigenvalue weighted by atomic mass is 10.1. The van der Waals surface area contributed by atoms with Gasteiger partial charge in [0.05, 0.1) is 11.8 Å². The molecule has 0 unspecified atom stereocenters. The van der Waals surface area contributed by atoms with E-state index in [-0.39, 0.29) is 18.0 Å². The number of aliphatic hydroxyl groups is 1. The second-order valence-corrected chi connectivity index (χ2v) is 4.63. The fourth-order valence-corrected chi connectivity index (χ4v) is 1.48. The highest BCUT2D eigenvalue weighted by atomic mass is 16.3. The van der Waals surface area contributed by atoms with Crippen molar-refractivity contribution in [3.8, 4) is 0 Å². The van der Waals surface area contributed by atoms with E-state index in [2.05, 4.69) is 15.3 Å². The maximum absolute atomic E-state index is 11.8. The zero-order chi connectivity index (χ0) is 13.9. The van der Waals surface area contributed by atoms with E-state index in [0.29, 0.717) is 11.5 Å². The van der Waals surface area contributed by atoms with Crippen LogP contribution in [0, 0.1) is 6.92 Å². The smallest absolute Gasteiger partial charge is 0.264 e. The molecule has 1 aromatic heterocycles. The highest BCUT2D eigenvalue weighted by Gasteiger charge is 2.17. The lowest BCUT2D eigenvalue weighted by molar-refractivity contribution is 0.0921. The molecule has 6 heteroatoms. The van der Waals surface area contributed by atoms with Gasteiger partial charge in [-0.15, -0.1) is 0 Å². The first-order valence-corrected chi connectivity index (χ1v) is 5.90. The summed E-state index contributed by atoms with van der Waals surface area (Å²) in [4.78, 5) is 30.4. The number of carbonyl (C=O) groups is 1. The van der Waals surface area contributed by atoms with Crippen molar-refractivity contribution in [3.05, 3.63) is 27.4 Å². The van der Waals surface area contributed by atoms with Crippen LogP contribution in [-0.2, 0) is 0 Å². The number of aryl methyl sites for hydroxylation is 1. The topological polar surface area (TPSA) is 95.1 Å². The third-order valence-electron chi connectivity index (χ3n) is 2.45. The zero-order valence-corrected chi connectivity index (χ0v) is 11.1. The van der Waals surface area contributed by atoms with Crippen LogP contribution >= 0.6 is 0 Å². The number of nitrogens with one attached hydrogen (secondary N) is 2. The molecule has 0 aliphatic rings. The Bertz CT molecular complexity index is 492. The molecule has 0 fully saturated rings. The van der Waals surface area contributed by atoms with Crippen LogP contribution in [0.25, 0.3) is 0 Å². The molecule has 0 aliphatic heterocycles. The third kappa shape index (κ3) is 3.40. The van der Waals surface area contributed by atoms with Crippen LogP contribution in [0.4, 0.5) is 0 Å². The molecule has 0 radical (unpaired) electrons. The first kappa shape index (κ1) is 14.4. The van der Waals surface area contributed by atoms with Gasteiger partial charge in [0, 0.05) is 12.5 Å². The number of aromatic amines is 1. The Balaban J connectivity index is 3.03. The van der Waals surface area contributed by atoms with E-state index in [4.69, 9.17) is 5.11 Å². The molecule has 0 aromatic carbocycles. The number of aliphatic hydroxyl groups excluding tert-OH is 1. The predicted octanol–water partition coefficient (Wildman–Crippen LogP) is 0.312. The van der Waals surface area contributed by atoms with Crippen LogP contribution in [0.5, 0.6) is 0 Å². The van der Waals surface area contributed by atoms with Gasteiger partial charge in [-0.05, 0) is 13.8 Å². The van der Waals surface area contributed by atoms with Crippen molar-refractivity contribution >= 4 is 5.91 Å². The third-order valence-corrected chi connectivity index (χ3v) is 2.45. The van der Waals surface area contributed by atoms with Crippen molar-refractivity contribution < 1.29 is 9.90 Å². The highest BCUT2D eigenvalue weighted by Crippen LogP contribution is 2.08. The summed E-state index contributed by atoms with van der Waals surface area (Å²) < 4.78 is 0. The molecule has 3 N–H and O–H groups in total. The molecule has 1 aromatic rings. The van der Waals surface area contributed by atoms with E-state index in [1.54, 1.807) is 13.8 Å². The Morgan fingerprint density at radius 1 is 1.44 bits per heavy atom. The summed E-state index contributed by atoms with van der Waals surface area (Å²) in [7, 11) is 0. The molecular weight excluding hydrogens is 234 g/mol. The van der Waals surface area contributed by atoms with Gasteiger partial charge in [0.1, 0.15) is 11.4 Å². The predicted molar refractivity (Wildman–Crippen MR) is 67.7 cm³/mol. The van der Waals surface area contributed by atoms with Crippen molar-refractivity contribution in [2.24, 2.45) is 0 Å². The van der Waals surface area contributed by atoms with Crippen LogP contribution in [0.2, 0.25) is 0 Å². The second kappa shape index (κ2) is 5.77. The molecule has 0 saturated carbocycles. The average molecular weight is 253 g/mol. The lowest BCUT2D eigenvalue weighted by Crippen LogP contribution is -2.35. The zero-order valence-electron chi connectivity index (χ0n) is 11.1. The van der Waals surface area contributed by atoms with Gasteiger partial charge in [0.15, 0.2) is 0 Å². The summed E-state index contributed by atoms with van der Waals surface area (Å²) in [6.07, 6.45) is -0.656. The fourth-order valence-electron chi connectivity index (χ4n) is 1.48. The van der Waals surface area contributed by atoms with Crippen LogP contribution in [0.1, 0.15) is 48.6 Å². The molecule has 6 nitrogen and oxygen atoms in total. The van der Waals surface area contributed by atoms with Gasteiger partial charge in [-0.1, -0.05) is 13.8 Å². The largest absolute Gasteiger partial charge is 0.392 e. The quantitative estimate of drug-likeness (QED) is 0.719. The summed E-state index contributed by atoms with van der Waals surface area (Å²) in [6.45, 7) is 7.09. The molecule has 1 rings (SSSR count). The minimum atomic E-state index is -0.656. The van der Waals surface area contributed by atoms with Gasteiger partial charge in [-0.25, -0.2) is 4.98 Å². The Morgan fingerprint density at radius 2 is 2.06 bits per heavy atom. The van der Waals surface area contributed by atoms with E-state index < -0.39 is 17.6 Å². The van der Waals surface area contributed by atoms with E-state index in [0.717, 1.165) is 0 Å². The van der Waals surface area contributed by atoms with E-state index in [1.807, 2.05) is 13.8 Å². The van der Waals surface area contributed by atoms with Crippen LogP contribution in [0.15, 0.2) is 4.79 Å². The van der Waals surface area contributed by atoms with Gasteiger partial charge in [0.2, 0.25) is 0 Å². The van der Waals surface area contributed by atoms with Crippen molar-refractivity contribution in [3.63, 3.8) is 0 Å². The van der Waals surface area contributed by atoms with Gasteiger partial charge in [0.25, 0.3) is 11.5 Å². The minimum absolute atomic E-state index is 0.0000463. The Morgan fingerprint density at radius 3 is 2.50 bits per heavy atom. The van der Waals surface area contributed by atoms with Crippen LogP contribution in [-0.4, -0.2) is 33.6 Å². The number of hydrogen-bond acceptors (Lipinski definition) is 4. The number of amides is 1. The monoisotopic (exact) mass is 253 g/mol. The minimum Gasteiger partial charge on any atom is -0.392 e. The van der Waals surface area contributed by atoms with Crippen molar-refractivity contribution in [1.82, 2.24) is 15.3 Å². The molecule has 1 atom stereocenters. The number of aromatic nitrogens is 2. The molecule has 100 valence electrons. The van der Waals surface area contributed by atoms with E-state index in [9.17, 15) is 9.59 Å². The Labute approximate surface area is 105 Å². The first-order valence-electron chi connectivity index (χ1n) is 5.90. The number of hydrogen-bond donors (Lipinski definition) is 3. The van der Waals surface area contributed by atoms with Crippen LogP contribution < -0.4 is 10.9 Å². The number of carbonyl (C=O) groups excluding carboxylic acids is 1. The molecule has 0 aliphatic carbocycles. The highest BCUT2D eigenvalue weighted by molar-refractivity contribution is 5.94. The first-order chi connectivity index (χ1) is 8.32. The maximum Gasteiger partial charge on any atom is 0.264 e. The van der Waals surface area contributed by atoms with Gasteiger partial charge >= 0.3 is 0 Å².